The van der Waals surface area contributed by atoms with E-state index in [1.807, 2.05) is 11.9 Å². The summed E-state index contributed by atoms with van der Waals surface area (Å²) in [4.78, 5) is 12.3. The maximum Gasteiger partial charge on any atom is 0.303 e. The molecule has 1 aromatic carbocycles. The largest absolute Gasteiger partial charge is 0.481 e. The molecule has 0 saturated carbocycles. The fourth-order valence-electron chi connectivity index (χ4n) is 1.69. The van der Waals surface area contributed by atoms with Crippen molar-refractivity contribution in [3.8, 4) is 0 Å². The van der Waals surface area contributed by atoms with Crippen molar-refractivity contribution in [3.05, 3.63) is 35.4 Å². The summed E-state index contributed by atoms with van der Waals surface area (Å²) in [5, 5.41) is 8.48. The normalized spacial score (nSPS) is 10.9. The van der Waals surface area contributed by atoms with Crippen LogP contribution in [0.4, 0.5) is 8.78 Å². The summed E-state index contributed by atoms with van der Waals surface area (Å²) in [6.07, 6.45) is 1.56. The number of aliphatic carboxylic acids is 1. The van der Waals surface area contributed by atoms with Crippen molar-refractivity contribution in [1.82, 2.24) is 4.90 Å². The van der Waals surface area contributed by atoms with Crippen molar-refractivity contribution in [1.29, 1.82) is 0 Å². The van der Waals surface area contributed by atoms with Crippen LogP contribution in [-0.4, -0.2) is 29.6 Å². The minimum absolute atomic E-state index is 0.166. The standard InChI is InChI=1S/C13H17F2NO2/c1-16(7-3-2-4-13(17)18)9-10-5-6-11(14)12(15)8-10/h5-6,8H,2-4,7,9H2,1H3,(H,17,18). The van der Waals surface area contributed by atoms with Gasteiger partial charge in [-0.1, -0.05) is 6.07 Å². The Bertz CT molecular complexity index is 410. The van der Waals surface area contributed by atoms with Gasteiger partial charge in [-0.2, -0.15) is 0 Å². The van der Waals surface area contributed by atoms with E-state index in [9.17, 15) is 13.6 Å². The van der Waals surface area contributed by atoms with E-state index in [1.165, 1.54) is 6.07 Å². The van der Waals surface area contributed by atoms with E-state index in [4.69, 9.17) is 5.11 Å². The number of carboxylic acids is 1. The lowest BCUT2D eigenvalue weighted by Gasteiger charge is -2.16. The number of hydrogen-bond acceptors (Lipinski definition) is 2. The van der Waals surface area contributed by atoms with Gasteiger partial charge in [-0.05, 0) is 44.1 Å². The Hall–Kier alpha value is -1.49. The highest BCUT2D eigenvalue weighted by Crippen LogP contribution is 2.10. The number of rotatable bonds is 7. The number of halogens is 2. The number of unbranched alkanes of at least 4 members (excludes halogenated alkanes) is 1. The molecule has 0 heterocycles. The van der Waals surface area contributed by atoms with Crippen molar-refractivity contribution in [2.75, 3.05) is 13.6 Å². The third-order valence-corrected chi connectivity index (χ3v) is 2.62. The van der Waals surface area contributed by atoms with E-state index in [0.717, 1.165) is 19.0 Å². The van der Waals surface area contributed by atoms with Gasteiger partial charge in [0, 0.05) is 13.0 Å². The molecule has 0 spiro atoms. The second-order valence-corrected chi connectivity index (χ2v) is 4.34. The average molecular weight is 257 g/mol. The predicted molar refractivity (Wildman–Crippen MR) is 64.2 cm³/mol. The van der Waals surface area contributed by atoms with Gasteiger partial charge in [-0.3, -0.25) is 4.79 Å². The lowest BCUT2D eigenvalue weighted by molar-refractivity contribution is -0.137. The van der Waals surface area contributed by atoms with Crippen molar-refractivity contribution in [3.63, 3.8) is 0 Å². The summed E-state index contributed by atoms with van der Waals surface area (Å²) in [6.45, 7) is 1.25. The molecule has 0 aromatic heterocycles. The van der Waals surface area contributed by atoms with Gasteiger partial charge in [0.05, 0.1) is 0 Å². The summed E-state index contributed by atoms with van der Waals surface area (Å²) in [7, 11) is 1.86. The summed E-state index contributed by atoms with van der Waals surface area (Å²) < 4.78 is 25.7. The number of benzene rings is 1. The molecule has 0 radical (unpaired) electrons. The third-order valence-electron chi connectivity index (χ3n) is 2.62. The van der Waals surface area contributed by atoms with Crippen LogP contribution in [0, 0.1) is 11.6 Å². The molecular formula is C13H17F2NO2. The van der Waals surface area contributed by atoms with E-state index in [-0.39, 0.29) is 6.42 Å². The zero-order valence-electron chi connectivity index (χ0n) is 10.3. The van der Waals surface area contributed by atoms with Crippen LogP contribution in [-0.2, 0) is 11.3 Å². The lowest BCUT2D eigenvalue weighted by atomic mass is 10.2. The maximum atomic E-state index is 13.0. The predicted octanol–water partition coefficient (Wildman–Crippen LogP) is 2.65. The number of carbonyl (C=O) groups is 1. The van der Waals surface area contributed by atoms with Crippen molar-refractivity contribution < 1.29 is 18.7 Å². The molecule has 0 aliphatic carbocycles. The second kappa shape index (κ2) is 7.06. The molecule has 1 N–H and O–H groups in total. The Morgan fingerprint density at radius 1 is 1.28 bits per heavy atom. The highest BCUT2D eigenvalue weighted by atomic mass is 19.2. The van der Waals surface area contributed by atoms with E-state index in [1.54, 1.807) is 6.07 Å². The fourth-order valence-corrected chi connectivity index (χ4v) is 1.69. The van der Waals surface area contributed by atoms with Gasteiger partial charge in [0.2, 0.25) is 0 Å². The Labute approximate surface area is 105 Å². The van der Waals surface area contributed by atoms with Crippen LogP contribution in [0.15, 0.2) is 18.2 Å². The van der Waals surface area contributed by atoms with Crippen LogP contribution in [0.1, 0.15) is 24.8 Å². The van der Waals surface area contributed by atoms with E-state index >= 15 is 0 Å². The zero-order valence-corrected chi connectivity index (χ0v) is 10.3. The molecule has 0 aliphatic rings. The summed E-state index contributed by atoms with van der Waals surface area (Å²) in [5.41, 5.74) is 0.703. The van der Waals surface area contributed by atoms with Crippen LogP contribution in [0.2, 0.25) is 0 Å². The van der Waals surface area contributed by atoms with Gasteiger partial charge < -0.3 is 10.0 Å². The SMILES string of the molecule is CN(CCCCC(=O)O)Cc1ccc(F)c(F)c1. The van der Waals surface area contributed by atoms with Gasteiger partial charge in [0.1, 0.15) is 0 Å². The maximum absolute atomic E-state index is 13.0. The topological polar surface area (TPSA) is 40.5 Å². The molecule has 5 heteroatoms. The number of carboxylic acid groups (broad SMARTS) is 1. The first-order valence-corrected chi connectivity index (χ1v) is 5.83. The molecule has 0 bridgehead atoms. The molecule has 3 nitrogen and oxygen atoms in total. The molecule has 18 heavy (non-hydrogen) atoms. The number of hydrogen-bond donors (Lipinski definition) is 1. The Morgan fingerprint density at radius 2 is 2.00 bits per heavy atom. The molecular weight excluding hydrogens is 240 g/mol. The van der Waals surface area contributed by atoms with Gasteiger partial charge >= 0.3 is 5.97 Å². The van der Waals surface area contributed by atoms with Crippen LogP contribution >= 0.6 is 0 Å². The minimum atomic E-state index is -0.845. The summed E-state index contributed by atoms with van der Waals surface area (Å²) in [5.74, 6) is -2.48. The Kier molecular flexibility index (Phi) is 5.71. The molecule has 0 unspecified atom stereocenters. The minimum Gasteiger partial charge on any atom is -0.481 e. The molecule has 1 aromatic rings. The summed E-state index contributed by atoms with van der Waals surface area (Å²) >= 11 is 0. The van der Waals surface area contributed by atoms with E-state index in [0.29, 0.717) is 18.5 Å². The van der Waals surface area contributed by atoms with Crippen molar-refractivity contribution in [2.45, 2.75) is 25.8 Å². The average Bonchev–Trinajstić information content (AvgIpc) is 2.29. The third kappa shape index (κ3) is 5.23. The molecule has 0 atom stereocenters. The Morgan fingerprint density at radius 3 is 2.61 bits per heavy atom. The monoisotopic (exact) mass is 257 g/mol. The van der Waals surface area contributed by atoms with Crippen LogP contribution in [0.25, 0.3) is 0 Å². The molecule has 1 rings (SSSR count). The smallest absolute Gasteiger partial charge is 0.303 e. The number of nitrogens with zero attached hydrogens (tertiary/aromatic N) is 1. The molecule has 0 aliphatic heterocycles. The van der Waals surface area contributed by atoms with Gasteiger partial charge in [-0.25, -0.2) is 8.78 Å². The first kappa shape index (κ1) is 14.6. The van der Waals surface area contributed by atoms with E-state index < -0.39 is 17.6 Å². The first-order valence-electron chi connectivity index (χ1n) is 5.83. The summed E-state index contributed by atoms with van der Waals surface area (Å²) in [6, 6.07) is 3.85. The van der Waals surface area contributed by atoms with Gasteiger partial charge in [0.25, 0.3) is 0 Å². The molecule has 0 fully saturated rings. The molecule has 0 saturated heterocycles. The fraction of sp³-hybridized carbons (Fsp3) is 0.462. The zero-order chi connectivity index (χ0) is 13.5. The van der Waals surface area contributed by atoms with Gasteiger partial charge in [0.15, 0.2) is 11.6 Å². The highest BCUT2D eigenvalue weighted by molar-refractivity contribution is 5.66. The van der Waals surface area contributed by atoms with Crippen LogP contribution in [0.5, 0.6) is 0 Å². The second-order valence-electron chi connectivity index (χ2n) is 4.34. The molecule has 0 amide bonds. The molecule has 100 valence electrons. The quantitative estimate of drug-likeness (QED) is 0.763. The first-order chi connectivity index (χ1) is 8.49. The lowest BCUT2D eigenvalue weighted by Crippen LogP contribution is -2.19. The van der Waals surface area contributed by atoms with Crippen LogP contribution < -0.4 is 0 Å². The Balaban J connectivity index is 2.33. The van der Waals surface area contributed by atoms with Crippen molar-refractivity contribution >= 4 is 5.97 Å². The van der Waals surface area contributed by atoms with E-state index in [2.05, 4.69) is 0 Å². The highest BCUT2D eigenvalue weighted by Gasteiger charge is 2.05. The van der Waals surface area contributed by atoms with Crippen LogP contribution in [0.3, 0.4) is 0 Å². The van der Waals surface area contributed by atoms with Gasteiger partial charge in [-0.15, -0.1) is 0 Å². The van der Waals surface area contributed by atoms with Crippen molar-refractivity contribution in [2.24, 2.45) is 0 Å².